The Morgan fingerprint density at radius 1 is 1.15 bits per heavy atom. The molecular formula is C29H41ClO4. The average molecular weight is 489 g/mol. The molecule has 0 amide bonds. The van der Waals surface area contributed by atoms with Gasteiger partial charge in [-0.15, -0.1) is 11.6 Å². The van der Waals surface area contributed by atoms with Crippen LogP contribution in [0.4, 0.5) is 0 Å². The van der Waals surface area contributed by atoms with Crippen molar-refractivity contribution in [2.24, 2.45) is 34.5 Å². The van der Waals surface area contributed by atoms with E-state index in [1.54, 1.807) is 6.92 Å². The topological polar surface area (TPSA) is 60.4 Å². The first-order valence-electron chi connectivity index (χ1n) is 13.3. The summed E-state index contributed by atoms with van der Waals surface area (Å²) < 4.78 is 6.19. The first-order chi connectivity index (χ1) is 16.0. The van der Waals surface area contributed by atoms with Crippen LogP contribution in [-0.4, -0.2) is 29.0 Å². The molecule has 4 aliphatic rings. The van der Waals surface area contributed by atoms with E-state index in [1.807, 2.05) is 6.08 Å². The SMILES string of the molecule is C=C1C[C@H]2[C@@H]3CC[C@](OC(=O)CCCCC)(C(C)=O)[C@@]3(C)CC[C@@H]2[C@]2(C)C1=CC(=O)CC2CCl. The normalized spacial score (nSPS) is 41.3. The minimum atomic E-state index is -1.03. The van der Waals surface area contributed by atoms with Gasteiger partial charge in [-0.1, -0.05) is 45.8 Å². The van der Waals surface area contributed by atoms with Crippen molar-refractivity contribution in [3.05, 3.63) is 23.8 Å². The Balaban J connectivity index is 1.67. The van der Waals surface area contributed by atoms with Crippen LogP contribution in [0.25, 0.3) is 0 Å². The average Bonchev–Trinajstić information content (AvgIpc) is 3.08. The van der Waals surface area contributed by atoms with Gasteiger partial charge in [0.1, 0.15) is 0 Å². The molecule has 0 aromatic heterocycles. The molecule has 0 radical (unpaired) electrons. The maximum absolute atomic E-state index is 13.2. The summed E-state index contributed by atoms with van der Waals surface area (Å²) in [5.41, 5.74) is 0.582. The standard InChI is InChI=1S/C29H41ClO4/c1-6-7-8-9-26(33)34-29(19(3)31)13-11-23-22-14-18(2)25-16-21(32)15-20(17-30)28(25,5)24(22)10-12-27(23,29)4/h16,20,22-24H,2,6-15,17H2,1,3-5H3/t20?,22-,23-,24-,27-,28+,29-/m0/s1. The lowest BCUT2D eigenvalue weighted by Gasteiger charge is -2.61. The number of unbranched alkanes of at least 4 members (excludes halogenated alkanes) is 2. The third kappa shape index (κ3) is 3.65. The summed E-state index contributed by atoms with van der Waals surface area (Å²) in [6.45, 7) is 12.6. The minimum Gasteiger partial charge on any atom is -0.450 e. The number of carbonyl (C=O) groups excluding carboxylic acids is 3. The van der Waals surface area contributed by atoms with Gasteiger partial charge >= 0.3 is 5.97 Å². The molecule has 0 spiro atoms. The second-order valence-corrected chi connectivity index (χ2v) is 12.2. The van der Waals surface area contributed by atoms with E-state index in [1.165, 1.54) is 0 Å². The van der Waals surface area contributed by atoms with Crippen LogP contribution in [0.2, 0.25) is 0 Å². The molecule has 4 rings (SSSR count). The van der Waals surface area contributed by atoms with Gasteiger partial charge in [0.25, 0.3) is 0 Å². The number of alkyl halides is 1. The zero-order valence-electron chi connectivity index (χ0n) is 21.4. The van der Waals surface area contributed by atoms with E-state index >= 15 is 0 Å². The van der Waals surface area contributed by atoms with Crippen LogP contribution in [0, 0.1) is 34.5 Å². The smallest absolute Gasteiger partial charge is 0.306 e. The predicted molar refractivity (Wildman–Crippen MR) is 134 cm³/mol. The third-order valence-corrected chi connectivity index (χ3v) is 10.8. The fraction of sp³-hybridized carbons (Fsp3) is 0.759. The Hall–Kier alpha value is -1.42. The van der Waals surface area contributed by atoms with Crippen LogP contribution in [0.3, 0.4) is 0 Å². The van der Waals surface area contributed by atoms with Crippen molar-refractivity contribution in [1.82, 2.24) is 0 Å². The van der Waals surface area contributed by atoms with Gasteiger partial charge in [-0.2, -0.15) is 0 Å². The third-order valence-electron chi connectivity index (χ3n) is 10.4. The lowest BCUT2D eigenvalue weighted by molar-refractivity contribution is -0.189. The summed E-state index contributed by atoms with van der Waals surface area (Å²) in [5.74, 6) is 1.51. The highest BCUT2D eigenvalue weighted by atomic mass is 35.5. The summed E-state index contributed by atoms with van der Waals surface area (Å²) in [7, 11) is 0. The summed E-state index contributed by atoms with van der Waals surface area (Å²) in [4.78, 5) is 38.5. The van der Waals surface area contributed by atoms with Crippen molar-refractivity contribution in [3.63, 3.8) is 0 Å². The van der Waals surface area contributed by atoms with Crippen molar-refractivity contribution in [1.29, 1.82) is 0 Å². The molecule has 7 atom stereocenters. The van der Waals surface area contributed by atoms with Gasteiger partial charge < -0.3 is 4.74 Å². The van der Waals surface area contributed by atoms with Gasteiger partial charge in [0.15, 0.2) is 17.2 Å². The maximum Gasteiger partial charge on any atom is 0.306 e. The molecule has 4 nitrogen and oxygen atoms in total. The van der Waals surface area contributed by atoms with Gasteiger partial charge in [-0.05, 0) is 80.8 Å². The van der Waals surface area contributed by atoms with E-state index in [4.69, 9.17) is 16.3 Å². The largest absolute Gasteiger partial charge is 0.450 e. The molecule has 1 unspecified atom stereocenters. The summed E-state index contributed by atoms with van der Waals surface area (Å²) in [6.07, 6.45) is 9.67. The van der Waals surface area contributed by atoms with Crippen molar-refractivity contribution in [2.45, 2.75) is 97.5 Å². The molecule has 3 fully saturated rings. The Morgan fingerprint density at radius 2 is 1.85 bits per heavy atom. The lowest BCUT2D eigenvalue weighted by Crippen LogP contribution is -2.60. The van der Waals surface area contributed by atoms with Crippen molar-refractivity contribution >= 4 is 29.1 Å². The number of Topliss-reactive ketones (excluding diaryl/α,β-unsaturated/α-hetero) is 1. The Bertz CT molecular complexity index is 921. The van der Waals surface area contributed by atoms with E-state index < -0.39 is 5.60 Å². The number of ketones is 2. The van der Waals surface area contributed by atoms with Gasteiger partial charge in [-0.3, -0.25) is 14.4 Å². The molecular weight excluding hydrogens is 448 g/mol. The molecule has 0 N–H and O–H groups in total. The summed E-state index contributed by atoms with van der Waals surface area (Å²) >= 11 is 6.46. The Kier molecular flexibility index (Phi) is 6.96. The molecule has 3 saturated carbocycles. The first-order valence-corrected chi connectivity index (χ1v) is 13.8. The van der Waals surface area contributed by atoms with Gasteiger partial charge in [0.2, 0.25) is 0 Å². The second-order valence-electron chi connectivity index (χ2n) is 11.9. The highest BCUT2D eigenvalue weighted by Crippen LogP contribution is 2.69. The van der Waals surface area contributed by atoms with Crippen LogP contribution >= 0.6 is 11.6 Å². The fourth-order valence-corrected chi connectivity index (χ4v) is 8.97. The molecule has 0 bridgehead atoms. The molecule has 34 heavy (non-hydrogen) atoms. The predicted octanol–water partition coefficient (Wildman–Crippen LogP) is 6.60. The Morgan fingerprint density at radius 3 is 2.50 bits per heavy atom. The minimum absolute atomic E-state index is 0.0110. The number of halogens is 1. The molecule has 188 valence electrons. The second kappa shape index (κ2) is 9.22. The quantitative estimate of drug-likeness (QED) is 0.230. The number of rotatable bonds is 7. The molecule has 0 aliphatic heterocycles. The molecule has 0 saturated heterocycles. The summed E-state index contributed by atoms with van der Waals surface area (Å²) in [5, 5.41) is 0. The number of allylic oxidation sites excluding steroid dienone is 2. The molecule has 0 aromatic rings. The summed E-state index contributed by atoms with van der Waals surface area (Å²) in [6, 6.07) is 0. The number of ether oxygens (including phenoxy) is 1. The molecule has 5 heteroatoms. The molecule has 4 aliphatic carbocycles. The number of esters is 1. The van der Waals surface area contributed by atoms with E-state index in [0.717, 1.165) is 56.1 Å². The van der Waals surface area contributed by atoms with Gasteiger partial charge in [0.05, 0.1) is 0 Å². The van der Waals surface area contributed by atoms with E-state index in [-0.39, 0.29) is 40.2 Å². The zero-order valence-corrected chi connectivity index (χ0v) is 22.1. The van der Waals surface area contributed by atoms with E-state index in [9.17, 15) is 14.4 Å². The van der Waals surface area contributed by atoms with Crippen molar-refractivity contribution < 1.29 is 19.1 Å². The molecule has 0 aromatic carbocycles. The van der Waals surface area contributed by atoms with Crippen molar-refractivity contribution in [3.8, 4) is 0 Å². The lowest BCUT2D eigenvalue weighted by atomic mass is 9.44. The van der Waals surface area contributed by atoms with Crippen molar-refractivity contribution in [2.75, 3.05) is 5.88 Å². The number of hydrogen-bond acceptors (Lipinski definition) is 4. The van der Waals surface area contributed by atoms with E-state index in [2.05, 4.69) is 27.4 Å². The number of fused-ring (bicyclic) bond motifs is 5. The van der Waals surface area contributed by atoms with Gasteiger partial charge in [-0.25, -0.2) is 0 Å². The Labute approximate surface area is 209 Å². The number of carbonyl (C=O) groups is 3. The van der Waals surface area contributed by atoms with Gasteiger partial charge in [0, 0.05) is 29.6 Å². The fourth-order valence-electron chi connectivity index (χ4n) is 8.54. The van der Waals surface area contributed by atoms with E-state index in [0.29, 0.717) is 37.0 Å². The highest BCUT2D eigenvalue weighted by molar-refractivity contribution is 6.18. The first kappa shape index (κ1) is 25.7. The monoisotopic (exact) mass is 488 g/mol. The number of hydrogen-bond donors (Lipinski definition) is 0. The van der Waals surface area contributed by atoms with Crippen LogP contribution < -0.4 is 0 Å². The maximum atomic E-state index is 13.2. The van der Waals surface area contributed by atoms with Crippen LogP contribution in [0.15, 0.2) is 23.8 Å². The zero-order chi connectivity index (χ0) is 24.9. The molecule has 0 heterocycles. The van der Waals surface area contributed by atoms with Crippen LogP contribution in [0.1, 0.15) is 91.9 Å². The van der Waals surface area contributed by atoms with Crippen LogP contribution in [-0.2, 0) is 19.1 Å². The van der Waals surface area contributed by atoms with Crippen LogP contribution in [0.5, 0.6) is 0 Å². The highest BCUT2D eigenvalue weighted by Gasteiger charge is 2.68.